The molecular weight excluding hydrogens is 288 g/mol. The molecule has 21 heavy (non-hydrogen) atoms. The molecule has 0 saturated carbocycles. The number of fused-ring (bicyclic) bond motifs is 1. The number of pyridine rings is 1. The number of rotatable bonds is 4. The van der Waals surface area contributed by atoms with Gasteiger partial charge in [-0.05, 0) is 39.8 Å². The summed E-state index contributed by atoms with van der Waals surface area (Å²) < 4.78 is 1.87. The molecule has 1 atom stereocenters. The largest absolute Gasteiger partial charge is 0.350 e. The van der Waals surface area contributed by atoms with E-state index in [-0.39, 0.29) is 17.5 Å². The standard InChI is InChI=1S/C15H21ClN4O/c1-10(14(21)19-15(2,3)4)20-12(7-8-16)18-11-6-5-9-17-13(11)20/h5-6,9-10H,7-8H2,1-4H3,(H,19,21). The summed E-state index contributed by atoms with van der Waals surface area (Å²) in [4.78, 5) is 21.3. The fourth-order valence-electron chi connectivity index (χ4n) is 2.24. The van der Waals surface area contributed by atoms with Gasteiger partial charge in [-0.25, -0.2) is 9.97 Å². The van der Waals surface area contributed by atoms with Crippen molar-refractivity contribution in [3.05, 3.63) is 24.2 Å². The van der Waals surface area contributed by atoms with Crippen molar-refractivity contribution in [1.82, 2.24) is 19.9 Å². The van der Waals surface area contributed by atoms with Crippen molar-refractivity contribution in [2.75, 3.05) is 5.88 Å². The van der Waals surface area contributed by atoms with Crippen LogP contribution in [0.3, 0.4) is 0 Å². The molecule has 1 N–H and O–H groups in total. The van der Waals surface area contributed by atoms with E-state index in [1.54, 1.807) is 6.20 Å². The number of hydrogen-bond acceptors (Lipinski definition) is 3. The summed E-state index contributed by atoms with van der Waals surface area (Å²) in [5, 5.41) is 2.99. The molecule has 5 nitrogen and oxygen atoms in total. The van der Waals surface area contributed by atoms with Gasteiger partial charge in [-0.15, -0.1) is 11.6 Å². The van der Waals surface area contributed by atoms with Crippen LogP contribution in [-0.2, 0) is 11.2 Å². The van der Waals surface area contributed by atoms with Crippen LogP contribution in [0.4, 0.5) is 0 Å². The smallest absolute Gasteiger partial charge is 0.243 e. The number of carbonyl (C=O) groups is 1. The third kappa shape index (κ3) is 3.53. The first kappa shape index (κ1) is 15.8. The summed E-state index contributed by atoms with van der Waals surface area (Å²) >= 11 is 5.85. The molecule has 0 spiro atoms. The minimum absolute atomic E-state index is 0.0525. The lowest BCUT2D eigenvalue weighted by Gasteiger charge is -2.24. The van der Waals surface area contributed by atoms with Gasteiger partial charge in [0.15, 0.2) is 5.65 Å². The number of alkyl halides is 1. The molecule has 0 aromatic carbocycles. The van der Waals surface area contributed by atoms with Gasteiger partial charge in [-0.1, -0.05) is 0 Å². The van der Waals surface area contributed by atoms with Crippen molar-refractivity contribution in [2.45, 2.75) is 45.7 Å². The molecule has 0 bridgehead atoms. The molecule has 0 aliphatic carbocycles. The van der Waals surface area contributed by atoms with Gasteiger partial charge < -0.3 is 9.88 Å². The van der Waals surface area contributed by atoms with E-state index in [0.717, 1.165) is 11.3 Å². The van der Waals surface area contributed by atoms with Crippen molar-refractivity contribution < 1.29 is 4.79 Å². The Hall–Kier alpha value is -1.62. The number of aryl methyl sites for hydroxylation is 1. The van der Waals surface area contributed by atoms with Crippen molar-refractivity contribution in [1.29, 1.82) is 0 Å². The summed E-state index contributed by atoms with van der Waals surface area (Å²) in [6.07, 6.45) is 2.31. The molecule has 114 valence electrons. The molecule has 0 radical (unpaired) electrons. The lowest BCUT2D eigenvalue weighted by molar-refractivity contribution is -0.125. The number of carbonyl (C=O) groups excluding carboxylic acids is 1. The molecule has 2 aromatic heterocycles. The maximum Gasteiger partial charge on any atom is 0.243 e. The second-order valence-corrected chi connectivity index (χ2v) is 6.48. The zero-order valence-corrected chi connectivity index (χ0v) is 13.6. The lowest BCUT2D eigenvalue weighted by atomic mass is 10.1. The topological polar surface area (TPSA) is 59.8 Å². The highest BCUT2D eigenvalue weighted by Gasteiger charge is 2.24. The monoisotopic (exact) mass is 308 g/mol. The maximum atomic E-state index is 12.4. The number of halogens is 1. The summed E-state index contributed by atoms with van der Waals surface area (Å²) in [5.41, 5.74) is 1.23. The van der Waals surface area contributed by atoms with Crippen LogP contribution < -0.4 is 5.32 Å². The van der Waals surface area contributed by atoms with Gasteiger partial charge in [-0.2, -0.15) is 0 Å². The van der Waals surface area contributed by atoms with E-state index < -0.39 is 0 Å². The number of imidazole rings is 1. The van der Waals surface area contributed by atoms with Crippen LogP contribution in [0.1, 0.15) is 39.6 Å². The Bertz CT molecular complexity index is 645. The molecule has 0 saturated heterocycles. The Balaban J connectivity index is 2.43. The minimum Gasteiger partial charge on any atom is -0.350 e. The SMILES string of the molecule is CC(C(=O)NC(C)(C)C)n1c(CCCl)nc2cccnc21. The molecule has 2 aromatic rings. The number of nitrogens with one attached hydrogen (secondary N) is 1. The highest BCUT2D eigenvalue weighted by atomic mass is 35.5. The van der Waals surface area contributed by atoms with Crippen molar-refractivity contribution >= 4 is 28.7 Å². The molecule has 1 unspecified atom stereocenters. The quantitative estimate of drug-likeness (QED) is 0.883. The fourth-order valence-corrected chi connectivity index (χ4v) is 2.40. The van der Waals surface area contributed by atoms with Gasteiger partial charge in [0.2, 0.25) is 5.91 Å². The van der Waals surface area contributed by atoms with E-state index in [1.807, 2.05) is 44.4 Å². The Morgan fingerprint density at radius 3 is 2.81 bits per heavy atom. The highest BCUT2D eigenvalue weighted by molar-refractivity contribution is 6.17. The zero-order valence-electron chi connectivity index (χ0n) is 12.9. The van der Waals surface area contributed by atoms with Crippen LogP contribution in [0.15, 0.2) is 18.3 Å². The predicted molar refractivity (Wildman–Crippen MR) is 84.6 cm³/mol. The normalized spacial score (nSPS) is 13.4. The van der Waals surface area contributed by atoms with Crippen molar-refractivity contribution in [2.24, 2.45) is 0 Å². The molecule has 6 heteroatoms. The number of amides is 1. The fraction of sp³-hybridized carbons (Fsp3) is 0.533. The van der Waals surface area contributed by atoms with Crippen molar-refractivity contribution in [3.8, 4) is 0 Å². The summed E-state index contributed by atoms with van der Waals surface area (Å²) in [6, 6.07) is 3.34. The van der Waals surface area contributed by atoms with Gasteiger partial charge >= 0.3 is 0 Å². The second kappa shape index (κ2) is 6.02. The Kier molecular flexibility index (Phi) is 4.52. The van der Waals surface area contributed by atoms with E-state index in [4.69, 9.17) is 11.6 Å². The first-order valence-electron chi connectivity index (χ1n) is 7.03. The second-order valence-electron chi connectivity index (χ2n) is 6.10. The van der Waals surface area contributed by atoms with Gasteiger partial charge in [0.25, 0.3) is 0 Å². The van der Waals surface area contributed by atoms with Crippen LogP contribution in [-0.4, -0.2) is 31.9 Å². The van der Waals surface area contributed by atoms with Crippen LogP contribution >= 0.6 is 11.6 Å². The number of nitrogens with zero attached hydrogens (tertiary/aromatic N) is 3. The van der Waals surface area contributed by atoms with Gasteiger partial charge in [0.05, 0.1) is 0 Å². The Labute approximate surface area is 129 Å². The third-order valence-electron chi connectivity index (χ3n) is 3.10. The third-order valence-corrected chi connectivity index (χ3v) is 3.29. The number of hydrogen-bond donors (Lipinski definition) is 1. The first-order chi connectivity index (χ1) is 9.83. The van der Waals surface area contributed by atoms with E-state index >= 15 is 0 Å². The molecule has 1 amide bonds. The van der Waals surface area contributed by atoms with E-state index in [9.17, 15) is 4.79 Å². The molecule has 0 aliphatic rings. The molecule has 0 fully saturated rings. The molecular formula is C15H21ClN4O. The van der Waals surface area contributed by atoms with Gasteiger partial charge in [0.1, 0.15) is 17.4 Å². The first-order valence-corrected chi connectivity index (χ1v) is 7.57. The summed E-state index contributed by atoms with van der Waals surface area (Å²) in [5.74, 6) is 1.19. The van der Waals surface area contributed by atoms with E-state index in [2.05, 4.69) is 15.3 Å². The van der Waals surface area contributed by atoms with Crippen LogP contribution in [0.25, 0.3) is 11.2 Å². The maximum absolute atomic E-state index is 12.4. The molecule has 2 rings (SSSR count). The molecule has 2 heterocycles. The van der Waals surface area contributed by atoms with E-state index in [0.29, 0.717) is 17.9 Å². The van der Waals surface area contributed by atoms with Gasteiger partial charge in [-0.3, -0.25) is 4.79 Å². The minimum atomic E-state index is -0.387. The summed E-state index contributed by atoms with van der Waals surface area (Å²) in [6.45, 7) is 7.74. The summed E-state index contributed by atoms with van der Waals surface area (Å²) in [7, 11) is 0. The lowest BCUT2D eigenvalue weighted by Crippen LogP contribution is -2.44. The Morgan fingerprint density at radius 2 is 2.19 bits per heavy atom. The van der Waals surface area contributed by atoms with Crippen LogP contribution in [0, 0.1) is 0 Å². The van der Waals surface area contributed by atoms with E-state index in [1.165, 1.54) is 0 Å². The molecule has 0 aliphatic heterocycles. The zero-order chi connectivity index (χ0) is 15.6. The average Bonchev–Trinajstić information content (AvgIpc) is 2.74. The van der Waals surface area contributed by atoms with Crippen LogP contribution in [0.2, 0.25) is 0 Å². The Morgan fingerprint density at radius 1 is 1.48 bits per heavy atom. The average molecular weight is 309 g/mol. The predicted octanol–water partition coefficient (Wildman–Crippen LogP) is 2.69. The van der Waals surface area contributed by atoms with Crippen molar-refractivity contribution in [3.63, 3.8) is 0 Å². The number of aromatic nitrogens is 3. The van der Waals surface area contributed by atoms with Gasteiger partial charge in [0, 0.05) is 24.0 Å². The van der Waals surface area contributed by atoms with Crippen LogP contribution in [0.5, 0.6) is 0 Å². The highest BCUT2D eigenvalue weighted by Crippen LogP contribution is 2.21.